The molecule has 2 aromatic rings. The van der Waals surface area contributed by atoms with Gasteiger partial charge in [-0.1, -0.05) is 19.8 Å². The Labute approximate surface area is 125 Å². The highest BCUT2D eigenvalue weighted by molar-refractivity contribution is 5.53. The molecule has 5 nitrogen and oxygen atoms in total. The molecule has 0 atom stereocenters. The molecule has 0 radical (unpaired) electrons. The number of hydrogen-bond acceptors (Lipinski definition) is 4. The number of nitrogens with one attached hydrogen (secondary N) is 1. The van der Waals surface area contributed by atoms with Crippen LogP contribution in [0.2, 0.25) is 0 Å². The molecule has 0 saturated heterocycles. The summed E-state index contributed by atoms with van der Waals surface area (Å²) in [5.41, 5.74) is 2.01. The van der Waals surface area contributed by atoms with Crippen molar-refractivity contribution in [2.24, 2.45) is 7.05 Å². The van der Waals surface area contributed by atoms with Gasteiger partial charge in [0.05, 0.1) is 0 Å². The van der Waals surface area contributed by atoms with Gasteiger partial charge in [-0.05, 0) is 25.3 Å². The number of nitrogens with zero attached hydrogens (tertiary/aromatic N) is 4. The average Bonchev–Trinajstić information content (AvgIpc) is 3.16. The maximum absolute atomic E-state index is 4.78. The molecule has 1 aliphatic carbocycles. The summed E-state index contributed by atoms with van der Waals surface area (Å²) >= 11 is 0. The average molecular weight is 285 g/mol. The molecule has 112 valence electrons. The molecular weight excluding hydrogens is 262 g/mol. The number of hydrogen-bond donors (Lipinski definition) is 1. The van der Waals surface area contributed by atoms with Crippen LogP contribution in [0.4, 0.5) is 5.82 Å². The van der Waals surface area contributed by atoms with Gasteiger partial charge in [0.15, 0.2) is 5.82 Å². The molecule has 0 bridgehead atoms. The SMILES string of the molecule is CCCNc1cc(C2CCCC2)nc(-c2ccn(C)n2)n1. The first-order valence-corrected chi connectivity index (χ1v) is 7.89. The van der Waals surface area contributed by atoms with Crippen LogP contribution in [-0.2, 0) is 7.05 Å². The molecule has 5 heteroatoms. The Morgan fingerprint density at radius 1 is 1.29 bits per heavy atom. The van der Waals surface area contributed by atoms with E-state index in [1.807, 2.05) is 19.3 Å². The Morgan fingerprint density at radius 2 is 2.10 bits per heavy atom. The quantitative estimate of drug-likeness (QED) is 0.915. The lowest BCUT2D eigenvalue weighted by atomic mass is 10.0. The summed E-state index contributed by atoms with van der Waals surface area (Å²) < 4.78 is 1.79. The molecule has 1 N–H and O–H groups in total. The van der Waals surface area contributed by atoms with Crippen molar-refractivity contribution in [3.05, 3.63) is 24.0 Å². The van der Waals surface area contributed by atoms with Crippen molar-refractivity contribution in [3.63, 3.8) is 0 Å². The number of rotatable bonds is 5. The lowest BCUT2D eigenvalue weighted by Gasteiger charge is -2.12. The second kappa shape index (κ2) is 6.24. The van der Waals surface area contributed by atoms with Crippen molar-refractivity contribution in [2.45, 2.75) is 44.9 Å². The lowest BCUT2D eigenvalue weighted by Crippen LogP contribution is -2.07. The largest absolute Gasteiger partial charge is 0.370 e. The summed E-state index contributed by atoms with van der Waals surface area (Å²) in [6.07, 6.45) is 8.12. The lowest BCUT2D eigenvalue weighted by molar-refractivity contribution is 0.694. The van der Waals surface area contributed by atoms with Crippen molar-refractivity contribution in [1.82, 2.24) is 19.7 Å². The second-order valence-corrected chi connectivity index (χ2v) is 5.78. The van der Waals surface area contributed by atoms with Crippen LogP contribution in [0.1, 0.15) is 50.6 Å². The summed E-state index contributed by atoms with van der Waals surface area (Å²) in [6, 6.07) is 4.09. The molecule has 1 fully saturated rings. The zero-order valence-electron chi connectivity index (χ0n) is 12.8. The van der Waals surface area contributed by atoms with Crippen LogP contribution < -0.4 is 5.32 Å². The van der Waals surface area contributed by atoms with Crippen LogP contribution in [0, 0.1) is 0 Å². The van der Waals surface area contributed by atoms with E-state index in [1.165, 1.54) is 31.4 Å². The van der Waals surface area contributed by atoms with Crippen molar-refractivity contribution in [2.75, 3.05) is 11.9 Å². The standard InChI is InChI=1S/C16H23N5/c1-3-9-17-15-11-14(12-6-4-5-7-12)18-16(19-15)13-8-10-21(2)20-13/h8,10-12H,3-7,9H2,1-2H3,(H,17,18,19). The molecule has 1 aliphatic rings. The maximum Gasteiger partial charge on any atom is 0.182 e. The highest BCUT2D eigenvalue weighted by atomic mass is 15.3. The zero-order valence-corrected chi connectivity index (χ0v) is 12.8. The molecule has 2 heterocycles. The minimum atomic E-state index is 0.581. The second-order valence-electron chi connectivity index (χ2n) is 5.78. The van der Waals surface area contributed by atoms with Crippen LogP contribution in [-0.4, -0.2) is 26.3 Å². The maximum atomic E-state index is 4.78. The van der Waals surface area contributed by atoms with Gasteiger partial charge in [-0.15, -0.1) is 0 Å². The van der Waals surface area contributed by atoms with Crippen molar-refractivity contribution >= 4 is 5.82 Å². The summed E-state index contributed by atoms with van der Waals surface area (Å²) in [7, 11) is 1.92. The number of aryl methyl sites for hydroxylation is 1. The smallest absolute Gasteiger partial charge is 0.182 e. The Bertz CT molecular complexity index is 598. The fourth-order valence-corrected chi connectivity index (χ4v) is 2.89. The van der Waals surface area contributed by atoms with Gasteiger partial charge < -0.3 is 5.32 Å². The van der Waals surface area contributed by atoms with Crippen molar-refractivity contribution in [3.8, 4) is 11.5 Å². The summed E-state index contributed by atoms with van der Waals surface area (Å²) in [5, 5.41) is 7.82. The normalized spacial score (nSPS) is 15.5. The Morgan fingerprint density at radius 3 is 2.76 bits per heavy atom. The predicted octanol–water partition coefficient (Wildman–Crippen LogP) is 3.36. The van der Waals surface area contributed by atoms with Gasteiger partial charge in [-0.25, -0.2) is 9.97 Å². The monoisotopic (exact) mass is 285 g/mol. The molecule has 0 unspecified atom stereocenters. The van der Waals surface area contributed by atoms with E-state index in [-0.39, 0.29) is 0 Å². The number of aromatic nitrogens is 4. The molecule has 1 saturated carbocycles. The van der Waals surface area contributed by atoms with E-state index in [0.29, 0.717) is 5.92 Å². The minimum Gasteiger partial charge on any atom is -0.370 e. The molecule has 0 aliphatic heterocycles. The van der Waals surface area contributed by atoms with Gasteiger partial charge in [0, 0.05) is 37.5 Å². The Hall–Kier alpha value is -1.91. The van der Waals surface area contributed by atoms with Gasteiger partial charge in [0.25, 0.3) is 0 Å². The van der Waals surface area contributed by atoms with Gasteiger partial charge in [0.1, 0.15) is 11.5 Å². The van der Waals surface area contributed by atoms with E-state index in [4.69, 9.17) is 4.98 Å². The molecule has 21 heavy (non-hydrogen) atoms. The first-order valence-electron chi connectivity index (χ1n) is 7.89. The summed E-state index contributed by atoms with van der Waals surface area (Å²) in [5.74, 6) is 2.24. The van der Waals surface area contributed by atoms with Gasteiger partial charge in [0.2, 0.25) is 0 Å². The summed E-state index contributed by atoms with van der Waals surface area (Å²) in [6.45, 7) is 3.09. The van der Waals surface area contributed by atoms with Crippen molar-refractivity contribution < 1.29 is 0 Å². The van der Waals surface area contributed by atoms with E-state index in [0.717, 1.165) is 30.3 Å². The van der Waals surface area contributed by atoms with Crippen LogP contribution in [0.3, 0.4) is 0 Å². The van der Waals surface area contributed by atoms with Crippen molar-refractivity contribution in [1.29, 1.82) is 0 Å². The van der Waals surface area contributed by atoms with Crippen LogP contribution in [0.25, 0.3) is 11.5 Å². The Balaban J connectivity index is 1.95. The molecule has 0 aromatic carbocycles. The topological polar surface area (TPSA) is 55.6 Å². The van der Waals surface area contributed by atoms with E-state index in [9.17, 15) is 0 Å². The van der Waals surface area contributed by atoms with E-state index < -0.39 is 0 Å². The molecular formula is C16H23N5. The molecule has 3 rings (SSSR count). The van der Waals surface area contributed by atoms with E-state index in [2.05, 4.69) is 28.4 Å². The highest BCUT2D eigenvalue weighted by Crippen LogP contribution is 2.34. The van der Waals surface area contributed by atoms with E-state index in [1.54, 1.807) is 4.68 Å². The minimum absolute atomic E-state index is 0.581. The van der Waals surface area contributed by atoms with E-state index >= 15 is 0 Å². The highest BCUT2D eigenvalue weighted by Gasteiger charge is 2.20. The molecule has 0 spiro atoms. The molecule has 2 aromatic heterocycles. The third-order valence-electron chi connectivity index (χ3n) is 4.02. The first kappa shape index (κ1) is 14.0. The number of anilines is 1. The fraction of sp³-hybridized carbons (Fsp3) is 0.562. The summed E-state index contributed by atoms with van der Waals surface area (Å²) in [4.78, 5) is 9.41. The third-order valence-corrected chi connectivity index (χ3v) is 4.02. The van der Waals surface area contributed by atoms with Crippen LogP contribution in [0.15, 0.2) is 18.3 Å². The first-order chi connectivity index (χ1) is 10.3. The van der Waals surface area contributed by atoms with Gasteiger partial charge in [-0.3, -0.25) is 4.68 Å². The van der Waals surface area contributed by atoms with Crippen LogP contribution >= 0.6 is 0 Å². The predicted molar refractivity (Wildman–Crippen MR) is 84.2 cm³/mol. The third kappa shape index (κ3) is 3.23. The van der Waals surface area contributed by atoms with Gasteiger partial charge >= 0.3 is 0 Å². The Kier molecular flexibility index (Phi) is 4.18. The molecule has 0 amide bonds. The van der Waals surface area contributed by atoms with Gasteiger partial charge in [-0.2, -0.15) is 5.10 Å². The zero-order chi connectivity index (χ0) is 14.7. The fourth-order valence-electron chi connectivity index (χ4n) is 2.89. The van der Waals surface area contributed by atoms with Crippen LogP contribution in [0.5, 0.6) is 0 Å².